The average molecular weight is 462 g/mol. The van der Waals surface area contributed by atoms with Crippen molar-refractivity contribution in [1.82, 2.24) is 4.31 Å². The number of nitrogens with zero attached hydrogens (tertiary/aromatic N) is 1. The molecule has 0 aliphatic rings. The molecule has 0 fully saturated rings. The Balaban J connectivity index is 2.10. The van der Waals surface area contributed by atoms with Gasteiger partial charge in [0.1, 0.15) is 5.75 Å². The van der Waals surface area contributed by atoms with Crippen LogP contribution in [0.5, 0.6) is 5.75 Å². The summed E-state index contributed by atoms with van der Waals surface area (Å²) in [5.74, 6) is 0.0632. The third-order valence-corrected chi connectivity index (χ3v) is 6.30. The summed E-state index contributed by atoms with van der Waals surface area (Å²) in [5.41, 5.74) is 0.970. The second kappa shape index (κ2) is 8.39. The fourth-order valence-electron chi connectivity index (χ4n) is 2.09. The fraction of sp³-hybridized carbons (Fsp3) is 0.235. The van der Waals surface area contributed by atoms with Crippen LogP contribution in [0.3, 0.4) is 0 Å². The zero-order valence-corrected chi connectivity index (χ0v) is 17.6. The predicted molar refractivity (Wildman–Crippen MR) is 105 cm³/mol. The molecule has 2 aromatic rings. The number of aryl methyl sites for hydroxylation is 1. The second-order valence-electron chi connectivity index (χ2n) is 5.68. The van der Waals surface area contributed by atoms with Crippen molar-refractivity contribution in [2.75, 3.05) is 26.0 Å². The van der Waals surface area contributed by atoms with E-state index in [1.807, 2.05) is 0 Å². The molecule has 0 atom stereocenters. The summed E-state index contributed by atoms with van der Waals surface area (Å²) in [6.45, 7) is 1.47. The molecule has 1 amide bonds. The maximum Gasteiger partial charge on any atom is 0.262 e. The minimum atomic E-state index is -3.60. The first kappa shape index (κ1) is 20.7. The molecule has 0 heterocycles. The van der Waals surface area contributed by atoms with Gasteiger partial charge in [-0.3, -0.25) is 4.79 Å². The molecule has 1 N–H and O–H groups in total. The van der Waals surface area contributed by atoms with Gasteiger partial charge in [0.15, 0.2) is 6.61 Å². The van der Waals surface area contributed by atoms with E-state index in [-0.39, 0.29) is 11.5 Å². The number of anilines is 1. The van der Waals surface area contributed by atoms with Crippen LogP contribution >= 0.6 is 27.5 Å². The van der Waals surface area contributed by atoms with Crippen LogP contribution in [-0.2, 0) is 14.8 Å². The normalized spacial score (nSPS) is 11.5. The molecule has 0 unspecified atom stereocenters. The first-order valence-electron chi connectivity index (χ1n) is 7.52. The molecule has 0 radical (unpaired) electrons. The van der Waals surface area contributed by atoms with Crippen molar-refractivity contribution in [3.05, 3.63) is 51.5 Å². The third-order valence-electron chi connectivity index (χ3n) is 3.48. The number of hydrogen-bond donors (Lipinski definition) is 1. The molecule has 0 spiro atoms. The maximum absolute atomic E-state index is 12.3. The van der Waals surface area contributed by atoms with Crippen molar-refractivity contribution in [3.8, 4) is 5.75 Å². The molecule has 0 aliphatic heterocycles. The van der Waals surface area contributed by atoms with Crippen LogP contribution in [-0.4, -0.2) is 39.3 Å². The Morgan fingerprint density at radius 3 is 2.54 bits per heavy atom. The number of nitrogens with one attached hydrogen (secondary N) is 1. The fourth-order valence-corrected chi connectivity index (χ4v) is 4.03. The van der Waals surface area contributed by atoms with Gasteiger partial charge in [-0.1, -0.05) is 17.7 Å². The molecule has 0 aliphatic carbocycles. The number of hydrogen-bond acceptors (Lipinski definition) is 4. The monoisotopic (exact) mass is 460 g/mol. The highest BCUT2D eigenvalue weighted by Gasteiger charge is 2.20. The van der Waals surface area contributed by atoms with Crippen molar-refractivity contribution in [2.24, 2.45) is 0 Å². The second-order valence-corrected chi connectivity index (χ2v) is 9.09. The summed E-state index contributed by atoms with van der Waals surface area (Å²) < 4.78 is 31.9. The molecule has 2 rings (SSSR count). The van der Waals surface area contributed by atoms with Gasteiger partial charge in [-0.05, 0) is 58.7 Å². The third kappa shape index (κ3) is 4.97. The van der Waals surface area contributed by atoms with Crippen molar-refractivity contribution in [3.63, 3.8) is 0 Å². The van der Waals surface area contributed by atoms with E-state index >= 15 is 0 Å². The van der Waals surface area contributed by atoms with E-state index in [1.165, 1.54) is 20.2 Å². The maximum atomic E-state index is 12.3. The largest absolute Gasteiger partial charge is 0.483 e. The molecule has 0 bridgehead atoms. The summed E-state index contributed by atoms with van der Waals surface area (Å²) in [4.78, 5) is 12.2. The van der Waals surface area contributed by atoms with E-state index in [2.05, 4.69) is 21.2 Å². The Morgan fingerprint density at radius 1 is 1.23 bits per heavy atom. The van der Waals surface area contributed by atoms with Gasteiger partial charge >= 0.3 is 0 Å². The molecule has 140 valence electrons. The number of rotatable bonds is 6. The standard InChI is InChI=1S/C17H18BrClN2O4S/c1-11-4-6-13(9-16(11)26(23,24)21(2)3)20-17(22)10-25-15-7-5-12(19)8-14(15)18/h4-9H,10H2,1-3H3,(H,20,22). The van der Waals surface area contributed by atoms with Gasteiger partial charge in [0.05, 0.1) is 9.37 Å². The van der Waals surface area contributed by atoms with Crippen LogP contribution in [0.2, 0.25) is 5.02 Å². The highest BCUT2D eigenvalue weighted by molar-refractivity contribution is 9.10. The SMILES string of the molecule is Cc1ccc(NC(=O)COc2ccc(Cl)cc2Br)cc1S(=O)(=O)N(C)C. The van der Waals surface area contributed by atoms with E-state index in [0.717, 1.165) is 4.31 Å². The molecular formula is C17H18BrClN2O4S. The molecule has 26 heavy (non-hydrogen) atoms. The molecule has 0 aromatic heterocycles. The minimum Gasteiger partial charge on any atom is -0.483 e. The van der Waals surface area contributed by atoms with Gasteiger partial charge in [-0.25, -0.2) is 12.7 Å². The van der Waals surface area contributed by atoms with Crippen molar-refractivity contribution < 1.29 is 17.9 Å². The van der Waals surface area contributed by atoms with Crippen molar-refractivity contribution in [1.29, 1.82) is 0 Å². The lowest BCUT2D eigenvalue weighted by atomic mass is 10.2. The minimum absolute atomic E-state index is 0.140. The van der Waals surface area contributed by atoms with Crippen molar-refractivity contribution in [2.45, 2.75) is 11.8 Å². The number of halogens is 2. The number of carbonyl (C=O) groups is 1. The quantitative estimate of drug-likeness (QED) is 0.712. The van der Waals surface area contributed by atoms with Crippen LogP contribution < -0.4 is 10.1 Å². The number of amides is 1. The van der Waals surface area contributed by atoms with Crippen molar-refractivity contribution >= 4 is 49.1 Å². The highest BCUT2D eigenvalue weighted by Crippen LogP contribution is 2.28. The van der Waals surface area contributed by atoms with E-state index in [4.69, 9.17) is 16.3 Å². The smallest absolute Gasteiger partial charge is 0.262 e. The number of ether oxygens (including phenoxy) is 1. The Bertz CT molecular complexity index is 932. The zero-order chi connectivity index (χ0) is 19.5. The lowest BCUT2D eigenvalue weighted by molar-refractivity contribution is -0.118. The number of sulfonamides is 1. The highest BCUT2D eigenvalue weighted by atomic mass is 79.9. The van der Waals surface area contributed by atoms with Gasteiger partial charge in [0.25, 0.3) is 5.91 Å². The van der Waals surface area contributed by atoms with Gasteiger partial charge < -0.3 is 10.1 Å². The van der Waals surface area contributed by atoms with Crippen LogP contribution in [0.1, 0.15) is 5.56 Å². The Hall–Kier alpha value is -1.61. The molecule has 0 saturated heterocycles. The van der Waals surface area contributed by atoms with Crippen LogP contribution in [0.25, 0.3) is 0 Å². The first-order chi connectivity index (χ1) is 12.1. The molecule has 6 nitrogen and oxygen atoms in total. The van der Waals surface area contributed by atoms with Crippen LogP contribution in [0.15, 0.2) is 45.8 Å². The molecule has 9 heteroatoms. The first-order valence-corrected chi connectivity index (χ1v) is 10.1. The molecule has 2 aromatic carbocycles. The van der Waals surface area contributed by atoms with E-state index in [0.29, 0.717) is 26.5 Å². The van der Waals surface area contributed by atoms with Crippen LogP contribution in [0.4, 0.5) is 5.69 Å². The Morgan fingerprint density at radius 2 is 1.92 bits per heavy atom. The van der Waals surface area contributed by atoms with Crippen LogP contribution in [0, 0.1) is 6.92 Å². The van der Waals surface area contributed by atoms with Gasteiger partial charge in [0, 0.05) is 24.8 Å². The topological polar surface area (TPSA) is 75.7 Å². The summed E-state index contributed by atoms with van der Waals surface area (Å²) >= 11 is 9.16. The van der Waals surface area contributed by atoms with Gasteiger partial charge in [0.2, 0.25) is 10.0 Å². The van der Waals surface area contributed by atoms with E-state index in [1.54, 1.807) is 37.3 Å². The molecular weight excluding hydrogens is 444 g/mol. The van der Waals surface area contributed by atoms with Gasteiger partial charge in [-0.15, -0.1) is 0 Å². The lowest BCUT2D eigenvalue weighted by Crippen LogP contribution is -2.24. The summed E-state index contributed by atoms with van der Waals surface area (Å²) in [6.07, 6.45) is 0. The Kier molecular flexibility index (Phi) is 6.68. The predicted octanol–water partition coefficient (Wildman–Crippen LogP) is 3.68. The number of carbonyl (C=O) groups excluding carboxylic acids is 1. The summed E-state index contributed by atoms with van der Waals surface area (Å²) in [7, 11) is -0.686. The van der Waals surface area contributed by atoms with Gasteiger partial charge in [-0.2, -0.15) is 0 Å². The summed E-state index contributed by atoms with van der Waals surface area (Å²) in [6, 6.07) is 9.67. The lowest BCUT2D eigenvalue weighted by Gasteiger charge is -2.15. The number of benzene rings is 2. The molecule has 0 saturated carbocycles. The van der Waals surface area contributed by atoms with E-state index < -0.39 is 15.9 Å². The Labute approximate surface area is 166 Å². The summed E-state index contributed by atoms with van der Waals surface area (Å²) in [5, 5.41) is 3.18. The average Bonchev–Trinajstić information content (AvgIpc) is 2.55. The van der Waals surface area contributed by atoms with E-state index in [9.17, 15) is 13.2 Å². The zero-order valence-electron chi connectivity index (χ0n) is 14.4.